The molecule has 1 heterocycles. The van der Waals surface area contributed by atoms with E-state index in [4.69, 9.17) is 0 Å². The molecular formula is C24H36F3N5O4. The van der Waals surface area contributed by atoms with Crippen LogP contribution in [0.4, 0.5) is 13.2 Å². The lowest BCUT2D eigenvalue weighted by molar-refractivity contribution is -0.175. The third-order valence-corrected chi connectivity index (χ3v) is 6.35. The second kappa shape index (κ2) is 10.3. The predicted octanol–water partition coefficient (Wildman–Crippen LogP) is 2.07. The van der Waals surface area contributed by atoms with Gasteiger partial charge in [-0.2, -0.15) is 18.4 Å². The minimum absolute atomic E-state index is 0.109. The minimum Gasteiger partial charge on any atom is -0.350 e. The van der Waals surface area contributed by atoms with E-state index in [0.29, 0.717) is 6.42 Å². The zero-order chi connectivity index (χ0) is 27.7. The summed E-state index contributed by atoms with van der Waals surface area (Å²) in [7, 11) is 0. The van der Waals surface area contributed by atoms with Gasteiger partial charge >= 0.3 is 12.1 Å². The molecule has 1 aliphatic heterocycles. The van der Waals surface area contributed by atoms with Crippen LogP contribution in [0.5, 0.6) is 0 Å². The van der Waals surface area contributed by atoms with E-state index in [9.17, 15) is 37.6 Å². The summed E-state index contributed by atoms with van der Waals surface area (Å²) in [6.45, 7) is 9.89. The van der Waals surface area contributed by atoms with Crippen LogP contribution >= 0.6 is 0 Å². The van der Waals surface area contributed by atoms with Crippen molar-refractivity contribution in [2.24, 2.45) is 16.7 Å². The van der Waals surface area contributed by atoms with Gasteiger partial charge in [-0.15, -0.1) is 0 Å². The maximum atomic E-state index is 13.1. The predicted molar refractivity (Wildman–Crippen MR) is 124 cm³/mol. The summed E-state index contributed by atoms with van der Waals surface area (Å²) in [5, 5.41) is 19.3. The van der Waals surface area contributed by atoms with Crippen LogP contribution in [-0.2, 0) is 19.2 Å². The van der Waals surface area contributed by atoms with Crippen LogP contribution in [0.1, 0.15) is 73.6 Å². The van der Waals surface area contributed by atoms with Gasteiger partial charge in [0.2, 0.25) is 17.7 Å². The van der Waals surface area contributed by atoms with E-state index < -0.39 is 58.8 Å². The lowest BCUT2D eigenvalue weighted by Crippen LogP contribution is -2.60. The second-order valence-electron chi connectivity index (χ2n) is 12.2. The van der Waals surface area contributed by atoms with Gasteiger partial charge in [0.05, 0.1) is 6.07 Å². The molecule has 1 spiro atoms. The maximum absolute atomic E-state index is 13.1. The summed E-state index contributed by atoms with van der Waals surface area (Å²) in [6.07, 6.45) is -2.60. The molecule has 1 aliphatic carbocycles. The van der Waals surface area contributed by atoms with Crippen molar-refractivity contribution >= 4 is 23.6 Å². The van der Waals surface area contributed by atoms with Crippen LogP contribution < -0.4 is 21.3 Å². The molecule has 0 aromatic carbocycles. The van der Waals surface area contributed by atoms with E-state index in [2.05, 4.69) is 16.0 Å². The lowest BCUT2D eigenvalue weighted by Gasteiger charge is -2.33. The molecule has 0 aromatic rings. The highest BCUT2D eigenvalue weighted by atomic mass is 19.4. The van der Waals surface area contributed by atoms with E-state index >= 15 is 0 Å². The zero-order valence-corrected chi connectivity index (χ0v) is 21.6. The fourth-order valence-electron chi connectivity index (χ4n) is 4.31. The zero-order valence-electron chi connectivity index (χ0n) is 21.6. The molecule has 36 heavy (non-hydrogen) atoms. The molecule has 4 amide bonds. The summed E-state index contributed by atoms with van der Waals surface area (Å²) in [5.41, 5.74) is -1.76. The van der Waals surface area contributed by atoms with Crippen molar-refractivity contribution < 1.29 is 32.3 Å². The van der Waals surface area contributed by atoms with Gasteiger partial charge in [0.25, 0.3) is 0 Å². The van der Waals surface area contributed by atoms with E-state index in [0.717, 1.165) is 12.8 Å². The Morgan fingerprint density at radius 2 is 1.64 bits per heavy atom. The first-order valence-corrected chi connectivity index (χ1v) is 12.0. The number of nitriles is 1. The Kier molecular flexibility index (Phi) is 8.38. The first kappa shape index (κ1) is 29.4. The van der Waals surface area contributed by atoms with E-state index in [1.807, 2.05) is 26.8 Å². The standard InChI is InChI=1S/C24H36F3N5O4/c1-21(2,3)11-15(30-19(35)16(22(4,5)6)31-20(36)24(25,26)27)18(34)29-14(12-28)9-13-10-23(7-8-23)32-17(13)33/h13-16H,7-11H2,1-6H3,(H,29,34)(H,30,35)(H,31,36)(H,32,33). The topological polar surface area (TPSA) is 140 Å². The Hall–Kier alpha value is -2.84. The molecular weight excluding hydrogens is 479 g/mol. The van der Waals surface area contributed by atoms with Gasteiger partial charge in [0.15, 0.2) is 0 Å². The average Bonchev–Trinajstić information content (AvgIpc) is 3.37. The normalized spacial score (nSPS) is 21.6. The van der Waals surface area contributed by atoms with Crippen LogP contribution in [-0.4, -0.2) is 53.5 Å². The third-order valence-electron chi connectivity index (χ3n) is 6.35. The Morgan fingerprint density at radius 1 is 1.06 bits per heavy atom. The summed E-state index contributed by atoms with van der Waals surface area (Å²) in [5.74, 6) is -4.49. The Bertz CT molecular complexity index is 926. The van der Waals surface area contributed by atoms with Crippen LogP contribution in [0.2, 0.25) is 0 Å². The number of nitrogens with zero attached hydrogens (tertiary/aromatic N) is 1. The summed E-state index contributed by atoms with van der Waals surface area (Å²) < 4.78 is 38.5. The number of nitrogens with one attached hydrogen (secondary N) is 4. The molecule has 2 rings (SSSR count). The molecule has 12 heteroatoms. The fourth-order valence-corrected chi connectivity index (χ4v) is 4.31. The van der Waals surface area contributed by atoms with Gasteiger partial charge in [0, 0.05) is 11.5 Å². The third kappa shape index (κ3) is 8.10. The first-order chi connectivity index (χ1) is 16.3. The van der Waals surface area contributed by atoms with Crippen molar-refractivity contribution in [1.29, 1.82) is 5.26 Å². The number of alkyl halides is 3. The van der Waals surface area contributed by atoms with Gasteiger partial charge in [-0.05, 0) is 42.9 Å². The second-order valence-corrected chi connectivity index (χ2v) is 12.2. The van der Waals surface area contributed by atoms with Crippen LogP contribution in [0.3, 0.4) is 0 Å². The lowest BCUT2D eigenvalue weighted by atomic mass is 9.84. The molecule has 4 N–H and O–H groups in total. The minimum atomic E-state index is -5.18. The molecule has 2 aliphatic rings. The number of hydrogen-bond donors (Lipinski definition) is 4. The highest BCUT2D eigenvalue weighted by Gasteiger charge is 2.52. The van der Waals surface area contributed by atoms with Crippen molar-refractivity contribution in [3.05, 3.63) is 0 Å². The number of halogens is 3. The summed E-state index contributed by atoms with van der Waals surface area (Å²) in [4.78, 5) is 49.9. The quantitative estimate of drug-likeness (QED) is 0.392. The molecule has 0 aromatic heterocycles. The molecule has 9 nitrogen and oxygen atoms in total. The van der Waals surface area contributed by atoms with Crippen molar-refractivity contribution in [3.8, 4) is 6.07 Å². The van der Waals surface area contributed by atoms with Crippen molar-refractivity contribution in [3.63, 3.8) is 0 Å². The Labute approximate surface area is 209 Å². The van der Waals surface area contributed by atoms with E-state index in [1.165, 1.54) is 20.8 Å². The maximum Gasteiger partial charge on any atom is 0.471 e. The Morgan fingerprint density at radius 3 is 2.06 bits per heavy atom. The molecule has 0 bridgehead atoms. The van der Waals surface area contributed by atoms with Gasteiger partial charge in [-0.1, -0.05) is 41.5 Å². The fraction of sp³-hybridized carbons (Fsp3) is 0.792. The van der Waals surface area contributed by atoms with Gasteiger partial charge in [-0.3, -0.25) is 19.2 Å². The van der Waals surface area contributed by atoms with Gasteiger partial charge < -0.3 is 21.3 Å². The van der Waals surface area contributed by atoms with Crippen LogP contribution in [0.15, 0.2) is 0 Å². The molecule has 1 saturated heterocycles. The van der Waals surface area contributed by atoms with Crippen molar-refractivity contribution in [1.82, 2.24) is 21.3 Å². The number of rotatable bonds is 8. The monoisotopic (exact) mass is 515 g/mol. The van der Waals surface area contributed by atoms with Crippen LogP contribution in [0, 0.1) is 28.1 Å². The molecule has 2 fully saturated rings. The van der Waals surface area contributed by atoms with Crippen LogP contribution in [0.25, 0.3) is 0 Å². The summed E-state index contributed by atoms with van der Waals surface area (Å²) in [6, 6.07) is -1.78. The molecule has 202 valence electrons. The molecule has 0 radical (unpaired) electrons. The van der Waals surface area contributed by atoms with E-state index in [1.54, 1.807) is 5.32 Å². The summed E-state index contributed by atoms with van der Waals surface area (Å²) >= 11 is 0. The van der Waals surface area contributed by atoms with E-state index in [-0.39, 0.29) is 24.3 Å². The van der Waals surface area contributed by atoms with Crippen molar-refractivity contribution in [2.75, 3.05) is 0 Å². The molecule has 4 atom stereocenters. The smallest absolute Gasteiger partial charge is 0.350 e. The molecule has 4 unspecified atom stereocenters. The first-order valence-electron chi connectivity index (χ1n) is 12.0. The number of amides is 4. The average molecular weight is 516 g/mol. The SMILES string of the molecule is CC(C)(C)CC(NC(=O)C(NC(=O)C(F)(F)F)C(C)(C)C)C(=O)NC(C#N)CC1CC2(CC2)NC1=O. The highest BCUT2D eigenvalue weighted by Crippen LogP contribution is 2.46. The molecule has 1 saturated carbocycles. The van der Waals surface area contributed by atoms with Gasteiger partial charge in [0.1, 0.15) is 18.1 Å². The number of carbonyl (C=O) groups is 4. The van der Waals surface area contributed by atoms with Crippen molar-refractivity contribution in [2.45, 2.75) is 103 Å². The number of carbonyl (C=O) groups excluding carboxylic acids is 4. The van der Waals surface area contributed by atoms with Gasteiger partial charge in [-0.25, -0.2) is 0 Å². The Balaban J connectivity index is 2.14. The highest BCUT2D eigenvalue weighted by molar-refractivity contribution is 5.93. The number of hydrogen-bond acceptors (Lipinski definition) is 5. The largest absolute Gasteiger partial charge is 0.471 e.